The maximum Gasteiger partial charge on any atom is 0.0949 e. The number of nitrogens with zero attached hydrogens (tertiary/aromatic N) is 1. The monoisotopic (exact) mass is 204 g/mol. The molecule has 15 heavy (non-hydrogen) atoms. The average molecular weight is 204 g/mol. The highest BCUT2D eigenvalue weighted by Gasteiger charge is 2.19. The van der Waals surface area contributed by atoms with Crippen molar-refractivity contribution in [1.82, 2.24) is 4.90 Å². The zero-order valence-electron chi connectivity index (χ0n) is 9.06. The first-order valence-electron chi connectivity index (χ1n) is 5.75. The highest BCUT2D eigenvalue weighted by molar-refractivity contribution is 5.19. The van der Waals surface area contributed by atoms with E-state index in [0.717, 1.165) is 19.6 Å². The Hall–Kier alpha value is -0.860. The zero-order valence-corrected chi connectivity index (χ0v) is 9.06. The van der Waals surface area contributed by atoms with Crippen molar-refractivity contribution in [2.24, 2.45) is 0 Å². The molecule has 81 valence electrons. The molecule has 1 aromatic carbocycles. The van der Waals surface area contributed by atoms with Crippen molar-refractivity contribution in [2.75, 3.05) is 26.2 Å². The van der Waals surface area contributed by atoms with Crippen LogP contribution < -0.4 is 0 Å². The van der Waals surface area contributed by atoms with Gasteiger partial charge in [-0.1, -0.05) is 30.3 Å². The second kappa shape index (κ2) is 5.29. The Morgan fingerprint density at radius 1 is 1.13 bits per heavy atom. The Morgan fingerprint density at radius 3 is 2.40 bits per heavy atom. The lowest BCUT2D eigenvalue weighted by Gasteiger charge is -2.31. The smallest absolute Gasteiger partial charge is 0.0949 e. The van der Waals surface area contributed by atoms with Gasteiger partial charge in [0.1, 0.15) is 0 Å². The zero-order chi connectivity index (χ0) is 10.5. The largest absolute Gasteiger partial charge is 0.301 e. The Kier molecular flexibility index (Phi) is 3.75. The summed E-state index contributed by atoms with van der Waals surface area (Å²) in [7, 11) is 0. The highest BCUT2D eigenvalue weighted by atomic mass is 16.3. The van der Waals surface area contributed by atoms with Crippen molar-refractivity contribution in [3.63, 3.8) is 0 Å². The van der Waals surface area contributed by atoms with E-state index >= 15 is 0 Å². The summed E-state index contributed by atoms with van der Waals surface area (Å²) in [5.41, 5.74) is 1.46. The molecule has 0 spiro atoms. The van der Waals surface area contributed by atoms with Gasteiger partial charge in [-0.3, -0.25) is 0 Å². The Bertz CT molecular complexity index is 278. The van der Waals surface area contributed by atoms with Crippen molar-refractivity contribution >= 4 is 0 Å². The molecule has 1 saturated heterocycles. The molecule has 0 aliphatic carbocycles. The van der Waals surface area contributed by atoms with Crippen LogP contribution in [-0.2, 0) is 5.11 Å². The van der Waals surface area contributed by atoms with Gasteiger partial charge in [0, 0.05) is 6.54 Å². The van der Waals surface area contributed by atoms with E-state index < -0.39 is 0 Å². The van der Waals surface area contributed by atoms with Crippen molar-refractivity contribution in [2.45, 2.75) is 18.8 Å². The van der Waals surface area contributed by atoms with Gasteiger partial charge in [0.15, 0.2) is 0 Å². The molecule has 2 nitrogen and oxygen atoms in total. The molecule has 0 saturated carbocycles. The number of hydrogen-bond donors (Lipinski definition) is 0. The number of hydrogen-bond acceptors (Lipinski definition) is 1. The van der Waals surface area contributed by atoms with E-state index in [4.69, 9.17) is 0 Å². The third kappa shape index (κ3) is 2.80. The fourth-order valence-corrected chi connectivity index (χ4v) is 2.34. The minimum absolute atomic E-state index is 0.0377. The summed E-state index contributed by atoms with van der Waals surface area (Å²) < 4.78 is 0. The second-order valence-electron chi connectivity index (χ2n) is 4.23. The fraction of sp³-hybridized carbons (Fsp3) is 0.538. The van der Waals surface area contributed by atoms with E-state index in [0.29, 0.717) is 5.92 Å². The van der Waals surface area contributed by atoms with E-state index in [-0.39, 0.29) is 6.61 Å². The summed E-state index contributed by atoms with van der Waals surface area (Å²) in [4.78, 5) is 2.28. The second-order valence-corrected chi connectivity index (χ2v) is 4.23. The molecule has 0 unspecified atom stereocenters. The van der Waals surface area contributed by atoms with Crippen LogP contribution >= 0.6 is 0 Å². The normalized spacial score (nSPS) is 19.3. The lowest BCUT2D eigenvalue weighted by molar-refractivity contribution is 0.123. The molecule has 1 aliphatic heterocycles. The first kappa shape index (κ1) is 10.7. The number of rotatable bonds is 3. The summed E-state index contributed by atoms with van der Waals surface area (Å²) in [5, 5.41) is 10.5. The van der Waals surface area contributed by atoms with E-state index in [1.165, 1.54) is 18.4 Å². The van der Waals surface area contributed by atoms with Gasteiger partial charge in [-0.15, -0.1) is 0 Å². The molecule has 0 atom stereocenters. The molecule has 1 radical (unpaired) electrons. The summed E-state index contributed by atoms with van der Waals surface area (Å²) in [6.07, 6.45) is 2.40. The molecular formula is C13H18NO. The van der Waals surface area contributed by atoms with Crippen molar-refractivity contribution in [3.05, 3.63) is 35.9 Å². The molecule has 0 aromatic heterocycles. The van der Waals surface area contributed by atoms with Crippen LogP contribution in [0.1, 0.15) is 24.3 Å². The molecular weight excluding hydrogens is 186 g/mol. The van der Waals surface area contributed by atoms with Crippen LogP contribution in [0.4, 0.5) is 0 Å². The van der Waals surface area contributed by atoms with Crippen LogP contribution in [0.3, 0.4) is 0 Å². The summed E-state index contributed by atoms with van der Waals surface area (Å²) in [6, 6.07) is 10.7. The van der Waals surface area contributed by atoms with Gasteiger partial charge in [-0.05, 0) is 37.4 Å². The minimum Gasteiger partial charge on any atom is -0.301 e. The number of likely N-dealkylation sites (tertiary alicyclic amines) is 1. The van der Waals surface area contributed by atoms with Gasteiger partial charge in [0.2, 0.25) is 0 Å². The summed E-state index contributed by atoms with van der Waals surface area (Å²) in [5.74, 6) is 0.703. The van der Waals surface area contributed by atoms with Gasteiger partial charge in [0.05, 0.1) is 6.61 Å². The maximum atomic E-state index is 10.5. The lowest BCUT2D eigenvalue weighted by atomic mass is 9.89. The van der Waals surface area contributed by atoms with Gasteiger partial charge >= 0.3 is 0 Å². The van der Waals surface area contributed by atoms with Crippen LogP contribution in [0.25, 0.3) is 0 Å². The molecule has 1 aromatic rings. The van der Waals surface area contributed by atoms with E-state index in [1.807, 2.05) is 0 Å². The molecule has 2 heteroatoms. The third-order valence-corrected chi connectivity index (χ3v) is 3.27. The van der Waals surface area contributed by atoms with Crippen molar-refractivity contribution in [3.8, 4) is 0 Å². The SMILES string of the molecule is [O]CCN1CCC(c2ccccc2)CC1. The first-order chi connectivity index (χ1) is 7.40. The predicted octanol–water partition coefficient (Wildman–Crippen LogP) is 2.30. The average Bonchev–Trinajstić information content (AvgIpc) is 2.32. The third-order valence-electron chi connectivity index (χ3n) is 3.27. The van der Waals surface area contributed by atoms with Crippen LogP contribution in [0.5, 0.6) is 0 Å². The van der Waals surface area contributed by atoms with Gasteiger partial charge in [0.25, 0.3) is 0 Å². The van der Waals surface area contributed by atoms with Gasteiger partial charge in [-0.25, -0.2) is 5.11 Å². The molecule has 1 fully saturated rings. The summed E-state index contributed by atoms with van der Waals surface area (Å²) in [6.45, 7) is 2.93. The van der Waals surface area contributed by atoms with Crippen molar-refractivity contribution < 1.29 is 5.11 Å². The lowest BCUT2D eigenvalue weighted by Crippen LogP contribution is -2.34. The topological polar surface area (TPSA) is 23.1 Å². The van der Waals surface area contributed by atoms with E-state index in [2.05, 4.69) is 35.2 Å². The number of benzene rings is 1. The molecule has 0 bridgehead atoms. The standard InChI is InChI=1S/C13H18NO/c15-11-10-14-8-6-13(7-9-14)12-4-2-1-3-5-12/h1-5,13H,6-11H2. The molecule has 0 N–H and O–H groups in total. The Balaban J connectivity index is 1.88. The van der Waals surface area contributed by atoms with E-state index in [1.54, 1.807) is 0 Å². The molecule has 1 aliphatic rings. The van der Waals surface area contributed by atoms with E-state index in [9.17, 15) is 5.11 Å². The first-order valence-corrected chi connectivity index (χ1v) is 5.75. The van der Waals surface area contributed by atoms with Crippen molar-refractivity contribution in [1.29, 1.82) is 0 Å². The maximum absolute atomic E-state index is 10.5. The highest BCUT2D eigenvalue weighted by Crippen LogP contribution is 2.27. The molecule has 1 heterocycles. The Labute approximate surface area is 91.5 Å². The Morgan fingerprint density at radius 2 is 1.80 bits per heavy atom. The molecule has 2 rings (SSSR count). The van der Waals surface area contributed by atoms with Crippen LogP contribution in [0.2, 0.25) is 0 Å². The quantitative estimate of drug-likeness (QED) is 0.741. The van der Waals surface area contributed by atoms with Crippen LogP contribution in [0, 0.1) is 0 Å². The fourth-order valence-electron chi connectivity index (χ4n) is 2.34. The minimum atomic E-state index is 0.0377. The summed E-state index contributed by atoms with van der Waals surface area (Å²) >= 11 is 0. The van der Waals surface area contributed by atoms with Crippen LogP contribution in [0.15, 0.2) is 30.3 Å². The van der Waals surface area contributed by atoms with Gasteiger partial charge < -0.3 is 4.90 Å². The predicted molar refractivity (Wildman–Crippen MR) is 60.4 cm³/mol. The van der Waals surface area contributed by atoms with Crippen LogP contribution in [-0.4, -0.2) is 31.1 Å². The molecule has 0 amide bonds. The van der Waals surface area contributed by atoms with Gasteiger partial charge in [-0.2, -0.15) is 0 Å². The number of piperidine rings is 1.